The van der Waals surface area contributed by atoms with Gasteiger partial charge in [0.05, 0.1) is 5.60 Å². The lowest BCUT2D eigenvalue weighted by atomic mass is 9.89. The maximum Gasteiger partial charge on any atom is 0.0804 e. The Bertz CT molecular complexity index is 336. The summed E-state index contributed by atoms with van der Waals surface area (Å²) in [5.41, 5.74) is 0.910. The smallest absolute Gasteiger partial charge is 0.0804 e. The Labute approximate surface area is 112 Å². The van der Waals surface area contributed by atoms with Gasteiger partial charge in [0, 0.05) is 35.9 Å². The van der Waals surface area contributed by atoms with Gasteiger partial charge in [0.15, 0.2) is 0 Å². The number of hydrogen-bond acceptors (Lipinski definition) is 3. The number of aromatic nitrogens is 1. The van der Waals surface area contributed by atoms with Crippen molar-refractivity contribution in [2.45, 2.75) is 38.3 Å². The highest BCUT2D eigenvalue weighted by molar-refractivity contribution is 9.10. The van der Waals surface area contributed by atoms with Crippen LogP contribution in [0.5, 0.6) is 0 Å². The van der Waals surface area contributed by atoms with E-state index in [4.69, 9.17) is 4.74 Å². The number of nitrogens with one attached hydrogen (secondary N) is 1. The molecule has 1 aromatic rings. The summed E-state index contributed by atoms with van der Waals surface area (Å²) in [6.07, 6.45) is 3.66. The van der Waals surface area contributed by atoms with Crippen LogP contribution in [-0.4, -0.2) is 30.8 Å². The normalized spacial score (nSPS) is 16.5. The summed E-state index contributed by atoms with van der Waals surface area (Å²) in [5.74, 6) is 0. The van der Waals surface area contributed by atoms with E-state index >= 15 is 0 Å². The molecule has 1 rings (SSSR count). The summed E-state index contributed by atoms with van der Waals surface area (Å²) >= 11 is 3.39. The molecule has 0 aliphatic rings. The molecule has 0 spiro atoms. The van der Waals surface area contributed by atoms with Crippen molar-refractivity contribution in [3.05, 3.63) is 28.5 Å². The van der Waals surface area contributed by atoms with Crippen molar-refractivity contribution in [2.75, 3.05) is 14.2 Å². The van der Waals surface area contributed by atoms with Crippen LogP contribution in [0.4, 0.5) is 0 Å². The van der Waals surface area contributed by atoms with Gasteiger partial charge >= 0.3 is 0 Å². The number of hydrogen-bond donors (Lipinski definition) is 1. The number of methoxy groups -OCH3 is 1. The minimum absolute atomic E-state index is 0.163. The molecule has 0 saturated heterocycles. The monoisotopic (exact) mass is 300 g/mol. The molecule has 0 aliphatic heterocycles. The van der Waals surface area contributed by atoms with E-state index in [0.717, 1.165) is 23.0 Å². The fourth-order valence-electron chi connectivity index (χ4n) is 1.89. The molecule has 0 radical (unpaired) electrons. The van der Waals surface area contributed by atoms with Crippen molar-refractivity contribution in [1.29, 1.82) is 0 Å². The van der Waals surface area contributed by atoms with Crippen LogP contribution < -0.4 is 5.32 Å². The highest BCUT2D eigenvalue weighted by Crippen LogP contribution is 2.22. The average Bonchev–Trinajstić information content (AvgIpc) is 2.37. The van der Waals surface area contributed by atoms with E-state index in [9.17, 15) is 0 Å². The van der Waals surface area contributed by atoms with Gasteiger partial charge in [0.25, 0.3) is 0 Å². The third-order valence-electron chi connectivity index (χ3n) is 3.46. The van der Waals surface area contributed by atoms with Gasteiger partial charge < -0.3 is 10.1 Å². The Morgan fingerprint density at radius 3 is 2.65 bits per heavy atom. The Balaban J connectivity index is 2.79. The fraction of sp³-hybridized carbons (Fsp3) is 0.615. The molecule has 1 aromatic heterocycles. The molecular weight excluding hydrogens is 280 g/mol. The fourth-order valence-corrected chi connectivity index (χ4v) is 2.13. The molecule has 0 aliphatic carbocycles. The lowest BCUT2D eigenvalue weighted by Crippen LogP contribution is -2.49. The van der Waals surface area contributed by atoms with Gasteiger partial charge in [-0.25, -0.2) is 0 Å². The van der Waals surface area contributed by atoms with E-state index in [2.05, 4.69) is 40.1 Å². The van der Waals surface area contributed by atoms with E-state index in [1.807, 2.05) is 25.4 Å². The molecule has 4 heteroatoms. The van der Waals surface area contributed by atoms with Crippen LogP contribution in [0.1, 0.15) is 26.0 Å². The third kappa shape index (κ3) is 3.76. The summed E-state index contributed by atoms with van der Waals surface area (Å²) < 4.78 is 6.64. The predicted molar refractivity (Wildman–Crippen MR) is 74.2 cm³/mol. The van der Waals surface area contributed by atoms with Crippen molar-refractivity contribution >= 4 is 15.9 Å². The van der Waals surface area contributed by atoms with Crippen molar-refractivity contribution in [2.24, 2.45) is 0 Å². The molecule has 1 N–H and O–H groups in total. The summed E-state index contributed by atoms with van der Waals surface area (Å²) in [6.45, 7) is 4.27. The van der Waals surface area contributed by atoms with E-state index in [1.54, 1.807) is 7.11 Å². The lowest BCUT2D eigenvalue weighted by Gasteiger charge is -2.35. The van der Waals surface area contributed by atoms with Crippen molar-refractivity contribution < 1.29 is 4.74 Å². The van der Waals surface area contributed by atoms with Gasteiger partial charge in [-0.1, -0.05) is 6.92 Å². The maximum atomic E-state index is 5.64. The molecule has 0 amide bonds. The predicted octanol–water partition coefficient (Wildman–Crippen LogP) is 2.79. The molecule has 2 atom stereocenters. The second-order valence-corrected chi connectivity index (χ2v) is 5.30. The first-order valence-corrected chi connectivity index (χ1v) is 6.68. The highest BCUT2D eigenvalue weighted by Gasteiger charge is 2.31. The number of halogens is 1. The second kappa shape index (κ2) is 6.47. The van der Waals surface area contributed by atoms with Crippen molar-refractivity contribution in [3.8, 4) is 0 Å². The van der Waals surface area contributed by atoms with Gasteiger partial charge in [-0.05, 0) is 48.5 Å². The van der Waals surface area contributed by atoms with Crippen LogP contribution in [-0.2, 0) is 11.2 Å². The summed E-state index contributed by atoms with van der Waals surface area (Å²) in [4.78, 5) is 4.41. The maximum absolute atomic E-state index is 5.64. The molecule has 0 fully saturated rings. The number of rotatable bonds is 6. The lowest BCUT2D eigenvalue weighted by molar-refractivity contribution is -0.0270. The zero-order valence-corrected chi connectivity index (χ0v) is 12.5. The summed E-state index contributed by atoms with van der Waals surface area (Å²) in [5, 5.41) is 3.33. The molecule has 3 nitrogen and oxygen atoms in total. The number of likely N-dealkylation sites (N-methyl/N-ethyl adjacent to an activating group) is 1. The van der Waals surface area contributed by atoms with Crippen molar-refractivity contribution in [1.82, 2.24) is 10.3 Å². The van der Waals surface area contributed by atoms with Gasteiger partial charge in [0.1, 0.15) is 0 Å². The Morgan fingerprint density at radius 2 is 2.24 bits per heavy atom. The topological polar surface area (TPSA) is 34.1 Å². The van der Waals surface area contributed by atoms with Gasteiger partial charge in [-0.3, -0.25) is 4.98 Å². The van der Waals surface area contributed by atoms with Crippen LogP contribution in [0.3, 0.4) is 0 Å². The number of pyridine rings is 1. The van der Waals surface area contributed by atoms with Crippen LogP contribution in [0, 0.1) is 0 Å². The largest absolute Gasteiger partial charge is 0.377 e. The van der Waals surface area contributed by atoms with E-state index in [-0.39, 0.29) is 11.6 Å². The molecule has 0 bridgehead atoms. The zero-order chi connectivity index (χ0) is 12.9. The summed E-state index contributed by atoms with van der Waals surface area (Å²) in [7, 11) is 3.74. The summed E-state index contributed by atoms with van der Waals surface area (Å²) in [6, 6.07) is 4.32. The average molecular weight is 301 g/mol. The minimum atomic E-state index is -0.163. The molecule has 2 unspecified atom stereocenters. The first-order valence-electron chi connectivity index (χ1n) is 5.88. The first kappa shape index (κ1) is 14.6. The standard InChI is InChI=1S/C13H21BrN2O/c1-5-13(2,17-4)12(15-3)8-11-7-6-10(14)9-16-11/h6-7,9,12,15H,5,8H2,1-4H3. The Kier molecular flexibility index (Phi) is 5.56. The first-order chi connectivity index (χ1) is 8.05. The van der Waals surface area contributed by atoms with E-state index in [0.29, 0.717) is 0 Å². The van der Waals surface area contributed by atoms with Gasteiger partial charge in [-0.2, -0.15) is 0 Å². The molecule has 17 heavy (non-hydrogen) atoms. The third-order valence-corrected chi connectivity index (χ3v) is 3.92. The Morgan fingerprint density at radius 1 is 1.53 bits per heavy atom. The molecule has 96 valence electrons. The molecule has 0 aromatic carbocycles. The SMILES string of the molecule is CCC(C)(OC)C(Cc1ccc(Br)cn1)NC. The minimum Gasteiger partial charge on any atom is -0.377 e. The molecular formula is C13H21BrN2O. The molecule has 1 heterocycles. The van der Waals surface area contributed by atoms with Gasteiger partial charge in [-0.15, -0.1) is 0 Å². The second-order valence-electron chi connectivity index (χ2n) is 4.38. The number of nitrogens with zero attached hydrogens (tertiary/aromatic N) is 1. The van der Waals surface area contributed by atoms with Crippen molar-refractivity contribution in [3.63, 3.8) is 0 Å². The van der Waals surface area contributed by atoms with Crippen LogP contribution >= 0.6 is 15.9 Å². The zero-order valence-electron chi connectivity index (χ0n) is 11.0. The van der Waals surface area contributed by atoms with Crippen LogP contribution in [0.25, 0.3) is 0 Å². The highest BCUT2D eigenvalue weighted by atomic mass is 79.9. The van der Waals surface area contributed by atoms with E-state index in [1.165, 1.54) is 0 Å². The quantitative estimate of drug-likeness (QED) is 0.877. The van der Waals surface area contributed by atoms with Gasteiger partial charge in [0.2, 0.25) is 0 Å². The molecule has 0 saturated carbocycles. The van der Waals surface area contributed by atoms with Crippen LogP contribution in [0.2, 0.25) is 0 Å². The van der Waals surface area contributed by atoms with E-state index < -0.39 is 0 Å². The Hall–Kier alpha value is -0.450. The number of ether oxygens (including phenoxy) is 1. The van der Waals surface area contributed by atoms with Crippen LogP contribution in [0.15, 0.2) is 22.8 Å².